The van der Waals surface area contributed by atoms with Crippen molar-refractivity contribution in [1.82, 2.24) is 9.80 Å². The van der Waals surface area contributed by atoms with Crippen LogP contribution in [0.4, 0.5) is 48.5 Å². The molecular formula is C21H24F9N3O4S. The van der Waals surface area contributed by atoms with E-state index in [1.807, 2.05) is 0 Å². The van der Waals surface area contributed by atoms with Gasteiger partial charge >= 0.3 is 24.4 Å². The number of halogens is 9. The van der Waals surface area contributed by atoms with Crippen LogP contribution >= 0.6 is 11.2 Å². The minimum absolute atomic E-state index is 0.0185. The summed E-state index contributed by atoms with van der Waals surface area (Å²) in [5, 5.41) is 9.19. The molecule has 3 rings (SSSR count). The predicted octanol–water partition coefficient (Wildman–Crippen LogP) is 5.55. The van der Waals surface area contributed by atoms with Gasteiger partial charge in [-0.1, -0.05) is 6.07 Å². The third-order valence-corrected chi connectivity index (χ3v) is 7.14. The molecule has 0 atom stereocenters. The van der Waals surface area contributed by atoms with Gasteiger partial charge in [0.2, 0.25) is 11.2 Å². The van der Waals surface area contributed by atoms with Crippen molar-refractivity contribution in [3.63, 3.8) is 0 Å². The molecule has 0 radical (unpaired) electrons. The highest BCUT2D eigenvalue weighted by atomic mass is 32.3. The highest BCUT2D eigenvalue weighted by Gasteiger charge is 2.60. The fourth-order valence-electron chi connectivity index (χ4n) is 4.31. The van der Waals surface area contributed by atoms with Crippen LogP contribution in [0.1, 0.15) is 18.4 Å². The molecule has 7 nitrogen and oxygen atoms in total. The number of carbonyl (C=O) groups excluding carboxylic acids is 1. The number of carboxylic acids is 1. The molecule has 0 bridgehead atoms. The normalized spacial score (nSPS) is 19.1. The van der Waals surface area contributed by atoms with E-state index in [-0.39, 0.29) is 64.3 Å². The van der Waals surface area contributed by atoms with Crippen LogP contribution in [0.15, 0.2) is 23.1 Å². The van der Waals surface area contributed by atoms with Crippen molar-refractivity contribution >= 4 is 28.9 Å². The van der Waals surface area contributed by atoms with E-state index in [0.29, 0.717) is 10.5 Å². The van der Waals surface area contributed by atoms with E-state index in [4.69, 9.17) is 0 Å². The molecule has 2 aliphatic rings. The molecule has 2 heterocycles. The lowest BCUT2D eigenvalue weighted by Crippen LogP contribution is -2.52. The number of nitrogens with zero attached hydrogens (tertiary/aromatic N) is 3. The van der Waals surface area contributed by atoms with E-state index in [1.165, 1.54) is 6.07 Å². The number of carbonyl (C=O) groups is 2. The Morgan fingerprint density at radius 1 is 0.947 bits per heavy atom. The maximum Gasteiger partial charge on any atom is 0.434 e. The summed E-state index contributed by atoms with van der Waals surface area (Å²) >= 11 is -5.54. The molecule has 0 aliphatic carbocycles. The van der Waals surface area contributed by atoms with Crippen molar-refractivity contribution in [3.8, 4) is 0 Å². The molecule has 0 aromatic heterocycles. The van der Waals surface area contributed by atoms with Crippen LogP contribution < -0.4 is 4.90 Å². The van der Waals surface area contributed by atoms with E-state index in [1.54, 1.807) is 9.80 Å². The van der Waals surface area contributed by atoms with Crippen LogP contribution in [0.3, 0.4) is 0 Å². The molecule has 2 saturated heterocycles. The molecule has 1 N–H and O–H groups in total. The van der Waals surface area contributed by atoms with Crippen molar-refractivity contribution in [2.24, 2.45) is 5.92 Å². The highest BCUT2D eigenvalue weighted by Crippen LogP contribution is 2.61. The van der Waals surface area contributed by atoms with Crippen molar-refractivity contribution in [1.29, 1.82) is 0 Å². The zero-order chi connectivity index (χ0) is 28.5. The predicted molar refractivity (Wildman–Crippen MR) is 117 cm³/mol. The van der Waals surface area contributed by atoms with Crippen LogP contribution in [0, 0.1) is 5.92 Å². The lowest BCUT2D eigenvalue weighted by molar-refractivity contribution is -0.308. The van der Waals surface area contributed by atoms with Crippen LogP contribution in [-0.2, 0) is 16.1 Å². The molecular weight excluding hydrogens is 561 g/mol. The number of piperidine rings is 1. The molecule has 2 aliphatic heterocycles. The second kappa shape index (κ2) is 11.3. The monoisotopic (exact) mass is 585 g/mol. The van der Waals surface area contributed by atoms with Gasteiger partial charge in [-0.05, 0) is 30.5 Å². The van der Waals surface area contributed by atoms with Crippen molar-refractivity contribution in [3.05, 3.63) is 23.8 Å². The summed E-state index contributed by atoms with van der Waals surface area (Å²) in [6.07, 6.45) is -17.2. The Balaban J connectivity index is 1.68. The Morgan fingerprint density at radius 3 is 1.97 bits per heavy atom. The third-order valence-electron chi connectivity index (χ3n) is 6.35. The number of ether oxygens (including phenoxy) is 1. The van der Waals surface area contributed by atoms with Gasteiger partial charge in [-0.2, -0.15) is 26.3 Å². The smallest absolute Gasteiger partial charge is 0.434 e. The Kier molecular flexibility index (Phi) is 8.90. The van der Waals surface area contributed by atoms with Gasteiger partial charge in [0.05, 0.1) is 10.8 Å². The number of hydrogen-bond acceptors (Lipinski definition) is 5. The summed E-state index contributed by atoms with van der Waals surface area (Å²) in [6, 6.07) is 3.24. The molecule has 38 heavy (non-hydrogen) atoms. The average molecular weight is 585 g/mol. The van der Waals surface area contributed by atoms with Crippen LogP contribution in [-0.4, -0.2) is 84.7 Å². The molecule has 1 aromatic carbocycles. The molecule has 0 unspecified atom stereocenters. The average Bonchev–Trinajstić information content (AvgIpc) is 2.81. The molecule has 0 saturated carbocycles. The molecule has 0 spiro atoms. The summed E-state index contributed by atoms with van der Waals surface area (Å²) in [7, 11) is 0. The quantitative estimate of drug-likeness (QED) is 0.442. The lowest BCUT2D eigenvalue weighted by Gasteiger charge is -2.37. The Hall–Kier alpha value is -2.56. The molecule has 2 fully saturated rings. The maximum absolute atomic E-state index is 13.4. The fraction of sp³-hybridized carbons (Fsp3) is 0.619. The van der Waals surface area contributed by atoms with Crippen molar-refractivity contribution in [2.75, 3.05) is 44.2 Å². The Bertz CT molecular complexity index is 989. The molecule has 1 aromatic rings. The number of benzene rings is 1. The van der Waals surface area contributed by atoms with Crippen LogP contribution in [0.25, 0.3) is 0 Å². The van der Waals surface area contributed by atoms with Crippen LogP contribution in [0.2, 0.25) is 0 Å². The Morgan fingerprint density at radius 2 is 1.50 bits per heavy atom. The number of alkyl halides is 6. The number of piperazine rings is 1. The maximum atomic E-state index is 13.4. The second-order valence-electron chi connectivity index (χ2n) is 8.91. The first-order valence-corrected chi connectivity index (χ1v) is 12.6. The van der Waals surface area contributed by atoms with E-state index in [9.17, 15) is 52.7 Å². The zero-order valence-corrected chi connectivity index (χ0v) is 20.4. The van der Waals surface area contributed by atoms with E-state index >= 15 is 0 Å². The highest BCUT2D eigenvalue weighted by molar-refractivity contribution is 8.20. The summed E-state index contributed by atoms with van der Waals surface area (Å²) in [5.41, 5.74) is 0.757. The fourth-order valence-corrected chi connectivity index (χ4v) is 4.77. The summed E-state index contributed by atoms with van der Waals surface area (Å²) in [6.45, 7) is 0.0594. The van der Waals surface area contributed by atoms with Gasteiger partial charge in [-0.15, -0.1) is 11.7 Å². The van der Waals surface area contributed by atoms with E-state index in [2.05, 4.69) is 4.74 Å². The number of amides is 1. The minimum atomic E-state index is -5.84. The topological polar surface area (TPSA) is 73.3 Å². The van der Waals surface area contributed by atoms with Gasteiger partial charge in [0, 0.05) is 51.5 Å². The van der Waals surface area contributed by atoms with Gasteiger partial charge in [0.25, 0.3) is 6.10 Å². The van der Waals surface area contributed by atoms with Crippen LogP contribution in [0.5, 0.6) is 0 Å². The summed E-state index contributed by atoms with van der Waals surface area (Å²) in [4.78, 5) is 26.4. The first-order valence-electron chi connectivity index (χ1n) is 11.3. The zero-order valence-electron chi connectivity index (χ0n) is 19.6. The molecule has 1 amide bonds. The van der Waals surface area contributed by atoms with Gasteiger partial charge in [0.1, 0.15) is 0 Å². The van der Waals surface area contributed by atoms with Gasteiger partial charge in [0.15, 0.2) is 0 Å². The third kappa shape index (κ3) is 7.51. The van der Waals surface area contributed by atoms with Crippen molar-refractivity contribution < 1.29 is 57.4 Å². The number of aliphatic carboxylic acids is 1. The van der Waals surface area contributed by atoms with Gasteiger partial charge in [-0.3, -0.25) is 9.69 Å². The SMILES string of the molecule is O=C(O)C1CCN(c2cc(S(F)(F)F)ccc2CN2CCN(C(=O)OC(C(F)(F)F)C(F)(F)F)CC2)CC1. The van der Waals surface area contributed by atoms with E-state index in [0.717, 1.165) is 12.1 Å². The Labute approximate surface area is 213 Å². The summed E-state index contributed by atoms with van der Waals surface area (Å²) < 4.78 is 120. The number of rotatable bonds is 6. The second-order valence-corrected chi connectivity index (χ2v) is 10.2. The largest absolute Gasteiger partial charge is 0.481 e. The first kappa shape index (κ1) is 30.0. The summed E-state index contributed by atoms with van der Waals surface area (Å²) in [5.74, 6) is -1.58. The molecule has 216 valence electrons. The molecule has 17 heteroatoms. The number of carboxylic acid groups (broad SMARTS) is 1. The van der Waals surface area contributed by atoms with E-state index < -0.39 is 52.5 Å². The van der Waals surface area contributed by atoms with Crippen molar-refractivity contribution in [2.45, 2.75) is 42.7 Å². The minimum Gasteiger partial charge on any atom is -0.481 e. The van der Waals surface area contributed by atoms with Gasteiger partial charge < -0.3 is 19.6 Å². The number of hydrogen-bond donors (Lipinski definition) is 1. The number of anilines is 1. The standard InChI is InChI=1S/C21H24F9N3O4S/c22-20(23,24)18(21(25,26)27)37-19(36)33-9-7-31(8-10-33)12-14-1-2-15(38(28,29)30)11-16(14)32-5-3-13(4-6-32)17(34)35/h1-2,11,13,18H,3-10,12H2,(H,34,35). The lowest BCUT2D eigenvalue weighted by atomic mass is 9.96. The van der Waals surface area contributed by atoms with Gasteiger partial charge in [-0.25, -0.2) is 4.79 Å². The first-order chi connectivity index (χ1) is 17.5.